The summed E-state index contributed by atoms with van der Waals surface area (Å²) in [7, 11) is 0. The average Bonchev–Trinajstić information content (AvgIpc) is 2.85. The molecule has 112 valence electrons. The molecule has 2 N–H and O–H groups in total. The molecule has 5 nitrogen and oxygen atoms in total. The van der Waals surface area contributed by atoms with Crippen molar-refractivity contribution in [2.75, 3.05) is 6.54 Å². The number of nitrogens with zero attached hydrogens (tertiary/aromatic N) is 2. The molecule has 2 unspecified atom stereocenters. The predicted molar refractivity (Wildman–Crippen MR) is 82.1 cm³/mol. The third-order valence-electron chi connectivity index (χ3n) is 4.13. The number of benzene rings is 1. The highest BCUT2D eigenvalue weighted by atomic mass is 16.3. The van der Waals surface area contributed by atoms with Gasteiger partial charge in [-0.15, -0.1) is 0 Å². The quantitative estimate of drug-likeness (QED) is 0.897. The van der Waals surface area contributed by atoms with Crippen LogP contribution in [0.15, 0.2) is 29.1 Å². The number of H-pyrrole nitrogens is 1. The monoisotopic (exact) mass is 287 g/mol. The maximum atomic E-state index is 12.1. The van der Waals surface area contributed by atoms with E-state index in [1.165, 1.54) is 0 Å². The molecule has 1 aliphatic rings. The molecule has 1 saturated heterocycles. The molecule has 21 heavy (non-hydrogen) atoms. The number of hydrogen-bond acceptors (Lipinski definition) is 4. The van der Waals surface area contributed by atoms with Gasteiger partial charge >= 0.3 is 0 Å². The van der Waals surface area contributed by atoms with Gasteiger partial charge in [-0.05, 0) is 44.9 Å². The van der Waals surface area contributed by atoms with Gasteiger partial charge in [0.2, 0.25) is 0 Å². The van der Waals surface area contributed by atoms with Crippen molar-refractivity contribution in [2.45, 2.75) is 44.9 Å². The number of aromatic nitrogens is 2. The third-order valence-corrected chi connectivity index (χ3v) is 4.13. The minimum absolute atomic E-state index is 0.0816. The summed E-state index contributed by atoms with van der Waals surface area (Å²) in [6.07, 6.45) is 2.72. The Labute approximate surface area is 123 Å². The lowest BCUT2D eigenvalue weighted by Crippen LogP contribution is -2.32. The van der Waals surface area contributed by atoms with Crippen LogP contribution in [0.5, 0.6) is 0 Å². The molecule has 2 atom stereocenters. The molecule has 5 heteroatoms. The number of aromatic amines is 1. The van der Waals surface area contributed by atoms with E-state index in [0.29, 0.717) is 23.8 Å². The minimum atomic E-state index is -0.292. The molecule has 1 aromatic carbocycles. The maximum absolute atomic E-state index is 12.1. The first kappa shape index (κ1) is 14.2. The molecule has 1 aliphatic heterocycles. The van der Waals surface area contributed by atoms with Crippen LogP contribution >= 0.6 is 0 Å². The highest BCUT2D eigenvalue weighted by molar-refractivity contribution is 5.77. The van der Waals surface area contributed by atoms with E-state index < -0.39 is 0 Å². The second kappa shape index (κ2) is 5.95. The lowest BCUT2D eigenvalue weighted by atomic mass is 10.1. The Hall–Kier alpha value is -1.72. The largest absolute Gasteiger partial charge is 0.393 e. The van der Waals surface area contributed by atoms with Crippen molar-refractivity contribution in [3.8, 4) is 0 Å². The summed E-state index contributed by atoms with van der Waals surface area (Å²) in [5, 5.41) is 10.2. The summed E-state index contributed by atoms with van der Waals surface area (Å²) in [6.45, 7) is 3.46. The second-order valence-electron chi connectivity index (χ2n) is 5.88. The van der Waals surface area contributed by atoms with Gasteiger partial charge in [0, 0.05) is 6.04 Å². The van der Waals surface area contributed by atoms with Gasteiger partial charge in [0.05, 0.1) is 23.6 Å². The van der Waals surface area contributed by atoms with Gasteiger partial charge in [-0.1, -0.05) is 12.1 Å². The Balaban J connectivity index is 1.83. The van der Waals surface area contributed by atoms with E-state index in [9.17, 15) is 9.90 Å². The van der Waals surface area contributed by atoms with Crippen LogP contribution in [0.25, 0.3) is 10.9 Å². The van der Waals surface area contributed by atoms with Crippen LogP contribution in [0.2, 0.25) is 0 Å². The lowest BCUT2D eigenvalue weighted by molar-refractivity contribution is 0.129. The fourth-order valence-corrected chi connectivity index (χ4v) is 3.17. The molecule has 0 aliphatic carbocycles. The molecule has 1 fully saturated rings. The van der Waals surface area contributed by atoms with Crippen molar-refractivity contribution in [3.05, 3.63) is 40.4 Å². The fourth-order valence-electron chi connectivity index (χ4n) is 3.17. The van der Waals surface area contributed by atoms with E-state index in [-0.39, 0.29) is 11.7 Å². The number of aliphatic hydroxyl groups excluding tert-OH is 1. The number of hydrogen-bond donors (Lipinski definition) is 2. The smallest absolute Gasteiger partial charge is 0.258 e. The van der Waals surface area contributed by atoms with Crippen molar-refractivity contribution in [1.29, 1.82) is 0 Å². The lowest BCUT2D eigenvalue weighted by Gasteiger charge is -2.24. The van der Waals surface area contributed by atoms with Crippen molar-refractivity contribution < 1.29 is 5.11 Å². The molecule has 0 bridgehead atoms. The first-order valence-corrected chi connectivity index (χ1v) is 7.53. The van der Waals surface area contributed by atoms with E-state index in [0.717, 1.165) is 31.3 Å². The van der Waals surface area contributed by atoms with E-state index in [2.05, 4.69) is 14.9 Å². The first-order valence-electron chi connectivity index (χ1n) is 7.53. The molecule has 0 spiro atoms. The van der Waals surface area contributed by atoms with Gasteiger partial charge in [-0.2, -0.15) is 0 Å². The molecule has 0 amide bonds. The molecular weight excluding hydrogens is 266 g/mol. The van der Waals surface area contributed by atoms with Crippen LogP contribution in [0.3, 0.4) is 0 Å². The Morgan fingerprint density at radius 3 is 3.10 bits per heavy atom. The highest BCUT2D eigenvalue weighted by Gasteiger charge is 2.26. The second-order valence-corrected chi connectivity index (χ2v) is 5.88. The minimum Gasteiger partial charge on any atom is -0.393 e. The zero-order chi connectivity index (χ0) is 14.8. The molecule has 3 rings (SSSR count). The van der Waals surface area contributed by atoms with Crippen LogP contribution in [-0.4, -0.2) is 38.7 Å². The van der Waals surface area contributed by atoms with Gasteiger partial charge in [0.25, 0.3) is 5.56 Å². The molecule has 0 saturated carbocycles. The van der Waals surface area contributed by atoms with Crippen LogP contribution in [0, 0.1) is 0 Å². The summed E-state index contributed by atoms with van der Waals surface area (Å²) < 4.78 is 0. The Morgan fingerprint density at radius 1 is 1.48 bits per heavy atom. The zero-order valence-electron chi connectivity index (χ0n) is 12.2. The molecule has 2 aromatic rings. The number of likely N-dealkylation sites (tertiary alicyclic amines) is 1. The van der Waals surface area contributed by atoms with E-state index in [1.807, 2.05) is 25.1 Å². The van der Waals surface area contributed by atoms with Gasteiger partial charge in [0.1, 0.15) is 5.82 Å². The van der Waals surface area contributed by atoms with Crippen molar-refractivity contribution in [3.63, 3.8) is 0 Å². The Bertz CT molecular complexity index is 681. The average molecular weight is 287 g/mol. The number of aliphatic hydroxyl groups is 1. The van der Waals surface area contributed by atoms with Gasteiger partial charge < -0.3 is 10.1 Å². The van der Waals surface area contributed by atoms with Gasteiger partial charge in [-0.25, -0.2) is 4.98 Å². The fraction of sp³-hybridized carbons (Fsp3) is 0.500. The molecule has 2 heterocycles. The van der Waals surface area contributed by atoms with Crippen LogP contribution in [-0.2, 0) is 6.54 Å². The topological polar surface area (TPSA) is 69.2 Å². The Morgan fingerprint density at radius 2 is 2.29 bits per heavy atom. The SMILES string of the molecule is CC(O)CC1CCCN1Cc1nc2ccccc2c(=O)[nH]1. The van der Waals surface area contributed by atoms with E-state index in [4.69, 9.17) is 0 Å². The normalized spacial score (nSPS) is 21.0. The summed E-state index contributed by atoms with van der Waals surface area (Å²) in [4.78, 5) is 21.8. The van der Waals surface area contributed by atoms with E-state index in [1.54, 1.807) is 6.07 Å². The summed E-state index contributed by atoms with van der Waals surface area (Å²) in [5.41, 5.74) is 0.657. The van der Waals surface area contributed by atoms with Crippen LogP contribution in [0.4, 0.5) is 0 Å². The highest BCUT2D eigenvalue weighted by Crippen LogP contribution is 2.22. The summed E-state index contributed by atoms with van der Waals surface area (Å²) in [5.74, 6) is 0.705. The van der Waals surface area contributed by atoms with Crippen molar-refractivity contribution in [1.82, 2.24) is 14.9 Å². The van der Waals surface area contributed by atoms with Gasteiger partial charge in [0.15, 0.2) is 0 Å². The number of rotatable bonds is 4. The van der Waals surface area contributed by atoms with Crippen LogP contribution in [0.1, 0.15) is 32.0 Å². The van der Waals surface area contributed by atoms with Gasteiger partial charge in [-0.3, -0.25) is 9.69 Å². The number of nitrogens with one attached hydrogen (secondary N) is 1. The first-order chi connectivity index (χ1) is 10.1. The molecule has 0 radical (unpaired) electrons. The van der Waals surface area contributed by atoms with Crippen LogP contribution < -0.4 is 5.56 Å². The predicted octanol–water partition coefficient (Wildman–Crippen LogP) is 1.66. The van der Waals surface area contributed by atoms with Crippen molar-refractivity contribution >= 4 is 10.9 Å². The van der Waals surface area contributed by atoms with E-state index >= 15 is 0 Å². The molecular formula is C16H21N3O2. The zero-order valence-corrected chi connectivity index (χ0v) is 12.2. The number of para-hydroxylation sites is 1. The molecule has 1 aromatic heterocycles. The summed E-state index contributed by atoms with van der Waals surface area (Å²) >= 11 is 0. The number of fused-ring (bicyclic) bond motifs is 1. The summed E-state index contributed by atoms with van der Waals surface area (Å²) in [6, 6.07) is 7.77. The van der Waals surface area contributed by atoms with Crippen molar-refractivity contribution in [2.24, 2.45) is 0 Å². The third kappa shape index (κ3) is 3.14. The Kier molecular flexibility index (Phi) is 4.03. The maximum Gasteiger partial charge on any atom is 0.258 e. The standard InChI is InChI=1S/C16H21N3O2/c1-11(20)9-12-5-4-8-19(12)10-15-17-14-7-3-2-6-13(14)16(21)18-15/h2-3,6-7,11-12,20H,4-5,8-10H2,1H3,(H,17,18,21).